The second kappa shape index (κ2) is 6.28. The van der Waals surface area contributed by atoms with Crippen molar-refractivity contribution in [2.45, 2.75) is 38.1 Å². The van der Waals surface area contributed by atoms with Crippen molar-refractivity contribution in [3.63, 3.8) is 0 Å². The van der Waals surface area contributed by atoms with Gasteiger partial charge in [0.15, 0.2) is 16.7 Å². The lowest BCUT2D eigenvalue weighted by molar-refractivity contribution is 0.0988. The molecule has 0 aromatic carbocycles. The molecule has 0 spiro atoms. The SMILES string of the molecule is CC(=O)c1c(C)[nH]c(C(=O)C(C)Sc2ncc3ccccn23)c1C. The van der Waals surface area contributed by atoms with Gasteiger partial charge in [0.1, 0.15) is 0 Å². The lowest BCUT2D eigenvalue weighted by Crippen LogP contribution is -2.16. The Hall–Kier alpha value is -2.34. The summed E-state index contributed by atoms with van der Waals surface area (Å²) < 4.78 is 1.96. The van der Waals surface area contributed by atoms with Crippen LogP contribution in [0, 0.1) is 13.8 Å². The summed E-state index contributed by atoms with van der Waals surface area (Å²) in [4.78, 5) is 32.0. The van der Waals surface area contributed by atoms with Crippen LogP contribution in [0.15, 0.2) is 35.7 Å². The molecule has 24 heavy (non-hydrogen) atoms. The van der Waals surface area contributed by atoms with E-state index in [-0.39, 0.29) is 16.8 Å². The Morgan fingerprint density at radius 2 is 2.04 bits per heavy atom. The summed E-state index contributed by atoms with van der Waals surface area (Å²) in [5.74, 6) is -0.0550. The number of hydrogen-bond donors (Lipinski definition) is 1. The number of rotatable bonds is 5. The number of aryl methyl sites for hydroxylation is 1. The van der Waals surface area contributed by atoms with E-state index in [9.17, 15) is 9.59 Å². The van der Waals surface area contributed by atoms with Crippen molar-refractivity contribution in [2.75, 3.05) is 0 Å². The standard InChI is InChI=1S/C18H19N3O2S/c1-10-15(12(3)22)11(2)20-16(10)17(23)13(4)24-18-19-9-14-7-5-6-8-21(14)18/h5-9,13,20H,1-4H3. The Kier molecular flexibility index (Phi) is 4.32. The Labute approximate surface area is 144 Å². The number of carbonyl (C=O) groups is 2. The molecule has 0 aliphatic rings. The van der Waals surface area contributed by atoms with Crippen molar-refractivity contribution in [3.05, 3.63) is 53.1 Å². The third-order valence-corrected chi connectivity index (χ3v) is 5.17. The molecule has 1 unspecified atom stereocenters. The number of Topliss-reactive ketones (excluding diaryl/α,β-unsaturated/α-hetero) is 2. The topological polar surface area (TPSA) is 67.2 Å². The number of nitrogens with zero attached hydrogens (tertiary/aromatic N) is 2. The van der Waals surface area contributed by atoms with E-state index in [2.05, 4.69) is 9.97 Å². The highest BCUT2D eigenvalue weighted by Crippen LogP contribution is 2.27. The van der Waals surface area contributed by atoms with Crippen LogP contribution in [0.2, 0.25) is 0 Å². The van der Waals surface area contributed by atoms with Gasteiger partial charge in [-0.05, 0) is 45.4 Å². The molecule has 0 saturated heterocycles. The van der Waals surface area contributed by atoms with Crippen LogP contribution >= 0.6 is 11.8 Å². The average Bonchev–Trinajstić information content (AvgIpc) is 3.07. The van der Waals surface area contributed by atoms with E-state index in [0.29, 0.717) is 11.3 Å². The van der Waals surface area contributed by atoms with Crippen molar-refractivity contribution >= 4 is 28.8 Å². The van der Waals surface area contributed by atoms with Gasteiger partial charge >= 0.3 is 0 Å². The first-order valence-corrected chi connectivity index (χ1v) is 8.61. The van der Waals surface area contributed by atoms with Crippen molar-refractivity contribution in [1.82, 2.24) is 14.4 Å². The molecule has 0 amide bonds. The maximum Gasteiger partial charge on any atom is 0.192 e. The number of imidazole rings is 1. The highest BCUT2D eigenvalue weighted by Gasteiger charge is 2.25. The Bertz CT molecular complexity index is 939. The highest BCUT2D eigenvalue weighted by atomic mass is 32.2. The number of hydrogen-bond acceptors (Lipinski definition) is 4. The van der Waals surface area contributed by atoms with Gasteiger partial charge in [-0.3, -0.25) is 14.0 Å². The number of pyridine rings is 1. The van der Waals surface area contributed by atoms with Gasteiger partial charge in [0.2, 0.25) is 0 Å². The van der Waals surface area contributed by atoms with Crippen LogP contribution in [0.1, 0.15) is 46.0 Å². The van der Waals surface area contributed by atoms with E-state index in [1.165, 1.54) is 18.7 Å². The molecule has 0 radical (unpaired) electrons. The third kappa shape index (κ3) is 2.78. The molecule has 0 bridgehead atoms. The molecule has 124 valence electrons. The predicted molar refractivity (Wildman–Crippen MR) is 95.1 cm³/mol. The molecular weight excluding hydrogens is 322 g/mol. The molecule has 3 aromatic heterocycles. The van der Waals surface area contributed by atoms with Crippen LogP contribution in [0.25, 0.3) is 5.52 Å². The minimum Gasteiger partial charge on any atom is -0.355 e. The van der Waals surface area contributed by atoms with E-state index in [1.54, 1.807) is 6.20 Å². The first-order chi connectivity index (χ1) is 11.4. The number of aromatic nitrogens is 3. The zero-order valence-electron chi connectivity index (χ0n) is 14.1. The van der Waals surface area contributed by atoms with Gasteiger partial charge in [-0.25, -0.2) is 4.98 Å². The Morgan fingerprint density at radius 1 is 1.29 bits per heavy atom. The quantitative estimate of drug-likeness (QED) is 0.565. The van der Waals surface area contributed by atoms with Crippen LogP contribution in [0.4, 0.5) is 0 Å². The summed E-state index contributed by atoms with van der Waals surface area (Å²) >= 11 is 1.41. The fraction of sp³-hybridized carbons (Fsp3) is 0.278. The zero-order valence-corrected chi connectivity index (χ0v) is 14.9. The van der Waals surface area contributed by atoms with Gasteiger partial charge in [-0.1, -0.05) is 17.8 Å². The fourth-order valence-electron chi connectivity index (χ4n) is 2.95. The lowest BCUT2D eigenvalue weighted by atomic mass is 10.0. The predicted octanol–water partition coefficient (Wildman–Crippen LogP) is 3.85. The number of ketones is 2. The molecule has 6 heteroatoms. The van der Waals surface area contributed by atoms with Gasteiger partial charge in [-0.2, -0.15) is 0 Å². The molecular formula is C18H19N3O2S. The van der Waals surface area contributed by atoms with Crippen LogP contribution in [-0.4, -0.2) is 31.2 Å². The van der Waals surface area contributed by atoms with Gasteiger partial charge < -0.3 is 4.98 Å². The minimum absolute atomic E-state index is 0.0271. The average molecular weight is 341 g/mol. The summed E-state index contributed by atoms with van der Waals surface area (Å²) in [6.45, 7) is 7.02. The third-order valence-electron chi connectivity index (χ3n) is 4.09. The number of fused-ring (bicyclic) bond motifs is 1. The maximum atomic E-state index is 12.8. The molecule has 1 N–H and O–H groups in total. The first-order valence-electron chi connectivity index (χ1n) is 7.73. The maximum absolute atomic E-state index is 12.8. The van der Waals surface area contributed by atoms with Gasteiger partial charge in [0.25, 0.3) is 0 Å². The van der Waals surface area contributed by atoms with E-state index in [0.717, 1.165) is 21.9 Å². The van der Waals surface area contributed by atoms with E-state index in [4.69, 9.17) is 0 Å². The molecule has 1 atom stereocenters. The number of H-pyrrole nitrogens is 1. The van der Waals surface area contributed by atoms with Crippen molar-refractivity contribution in [1.29, 1.82) is 0 Å². The zero-order chi connectivity index (χ0) is 17.4. The number of aromatic amines is 1. The summed E-state index contributed by atoms with van der Waals surface area (Å²) in [6.07, 6.45) is 3.72. The van der Waals surface area contributed by atoms with E-state index in [1.807, 2.05) is 49.6 Å². The smallest absolute Gasteiger partial charge is 0.192 e. The molecule has 0 aliphatic heterocycles. The summed E-state index contributed by atoms with van der Waals surface area (Å²) in [5, 5.41) is 0.464. The van der Waals surface area contributed by atoms with Crippen LogP contribution in [0.3, 0.4) is 0 Å². The second-order valence-corrected chi connectivity index (χ2v) is 7.15. The largest absolute Gasteiger partial charge is 0.355 e. The summed E-state index contributed by atoms with van der Waals surface area (Å²) in [7, 11) is 0. The van der Waals surface area contributed by atoms with Crippen molar-refractivity contribution in [3.8, 4) is 0 Å². The molecule has 0 saturated carbocycles. The van der Waals surface area contributed by atoms with Crippen LogP contribution < -0.4 is 0 Å². The summed E-state index contributed by atoms with van der Waals surface area (Å²) in [6, 6.07) is 5.86. The van der Waals surface area contributed by atoms with Crippen molar-refractivity contribution < 1.29 is 9.59 Å². The van der Waals surface area contributed by atoms with Gasteiger partial charge in [0.05, 0.1) is 22.7 Å². The molecule has 3 aromatic rings. The van der Waals surface area contributed by atoms with Gasteiger partial charge in [-0.15, -0.1) is 0 Å². The summed E-state index contributed by atoms with van der Waals surface area (Å²) in [5.41, 5.74) is 3.59. The number of thioether (sulfide) groups is 1. The minimum atomic E-state index is -0.313. The monoisotopic (exact) mass is 341 g/mol. The number of nitrogens with one attached hydrogen (secondary N) is 1. The molecule has 0 aliphatic carbocycles. The second-order valence-electron chi connectivity index (χ2n) is 5.84. The molecule has 3 heterocycles. The number of carbonyl (C=O) groups excluding carboxylic acids is 2. The fourth-order valence-corrected chi connectivity index (χ4v) is 3.88. The van der Waals surface area contributed by atoms with E-state index < -0.39 is 0 Å². The van der Waals surface area contributed by atoms with Crippen LogP contribution in [-0.2, 0) is 0 Å². The normalized spacial score (nSPS) is 12.5. The Morgan fingerprint density at radius 3 is 2.71 bits per heavy atom. The van der Waals surface area contributed by atoms with E-state index >= 15 is 0 Å². The molecule has 0 fully saturated rings. The van der Waals surface area contributed by atoms with Crippen molar-refractivity contribution in [2.24, 2.45) is 0 Å². The van der Waals surface area contributed by atoms with Crippen LogP contribution in [0.5, 0.6) is 0 Å². The first kappa shape index (κ1) is 16.5. The lowest BCUT2D eigenvalue weighted by Gasteiger charge is -2.09. The Balaban J connectivity index is 1.88. The molecule has 5 nitrogen and oxygen atoms in total. The molecule has 3 rings (SSSR count). The highest BCUT2D eigenvalue weighted by molar-refractivity contribution is 8.00. The van der Waals surface area contributed by atoms with Gasteiger partial charge in [0, 0.05) is 17.5 Å².